The summed E-state index contributed by atoms with van der Waals surface area (Å²) >= 11 is 0. The van der Waals surface area contributed by atoms with Gasteiger partial charge in [-0.25, -0.2) is 8.42 Å². The normalized spacial score (nSPS) is 16.7. The third-order valence-electron chi connectivity index (χ3n) is 1.94. The summed E-state index contributed by atoms with van der Waals surface area (Å²) in [7, 11) is -13.5. The zero-order valence-electron chi connectivity index (χ0n) is 10.3. The van der Waals surface area contributed by atoms with Gasteiger partial charge in [-0.15, -0.1) is 0 Å². The molecule has 0 aliphatic rings. The summed E-state index contributed by atoms with van der Waals surface area (Å²) in [4.78, 5) is 0.779. The van der Waals surface area contributed by atoms with Gasteiger partial charge in [-0.3, -0.25) is 9.11 Å². The molecule has 0 amide bonds. The van der Waals surface area contributed by atoms with Gasteiger partial charge in [0.15, 0.2) is 4.58 Å². The Kier molecular flexibility index (Phi) is 8.22. The van der Waals surface area contributed by atoms with Crippen molar-refractivity contribution >= 4 is 30.4 Å². The van der Waals surface area contributed by atoms with Crippen LogP contribution in [0.5, 0.6) is 0 Å². The molecule has 2 unspecified atom stereocenters. The van der Waals surface area contributed by atoms with E-state index in [1.807, 2.05) is 0 Å². The zero-order chi connectivity index (χ0) is 14.9. The molecule has 19 heavy (non-hydrogen) atoms. The Morgan fingerprint density at radius 3 is 1.58 bits per heavy atom. The van der Waals surface area contributed by atoms with Gasteiger partial charge >= 0.3 is 29.6 Å². The molecule has 2 N–H and O–H groups in total. The van der Waals surface area contributed by atoms with E-state index in [9.17, 15) is 29.8 Å². The van der Waals surface area contributed by atoms with Gasteiger partial charge in [0, 0.05) is 0 Å². The van der Waals surface area contributed by atoms with Crippen LogP contribution in [0, 0.1) is 0 Å². The first kappa shape index (κ1) is 22.0. The van der Waals surface area contributed by atoms with Crippen LogP contribution in [0.1, 0.15) is 0 Å². The quantitative estimate of drug-likeness (QED) is 0.348. The maximum absolute atomic E-state index is 10.9. The second-order valence-corrected chi connectivity index (χ2v) is 8.48. The molecule has 0 aromatic heterocycles. The molecule has 14 heteroatoms. The van der Waals surface area contributed by atoms with E-state index in [-0.39, 0.29) is 29.6 Å². The number of rotatable bonds is 6. The monoisotopic (exact) mass is 349 g/mol. The molecular weight excluding hydrogens is 337 g/mol. The third-order valence-corrected chi connectivity index (χ3v) is 5.92. The van der Waals surface area contributed by atoms with Crippen LogP contribution < -0.4 is 29.6 Å². The molecule has 0 saturated heterocycles. The molecule has 0 spiro atoms. The Hall–Kier alpha value is 0.690. The van der Waals surface area contributed by atoms with Crippen LogP contribution in [0.15, 0.2) is 0 Å². The minimum atomic E-state index is -5.54. The van der Waals surface area contributed by atoms with Crippen molar-refractivity contribution < 1.29 is 68.5 Å². The Bertz CT molecular complexity index is 560. The zero-order valence-corrected chi connectivity index (χ0v) is 14.7. The van der Waals surface area contributed by atoms with Crippen LogP contribution in [0.25, 0.3) is 0 Å². The topological polar surface area (TPSA) is 169 Å². The maximum Gasteiger partial charge on any atom is 1.00 e. The van der Waals surface area contributed by atoms with Crippen molar-refractivity contribution in [3.63, 3.8) is 0 Å². The van der Waals surface area contributed by atoms with Crippen molar-refractivity contribution in [2.24, 2.45) is 0 Å². The summed E-state index contributed by atoms with van der Waals surface area (Å²) in [6, 6.07) is -1.95. The van der Waals surface area contributed by atoms with Crippen LogP contribution in [-0.4, -0.2) is 74.3 Å². The SMILES string of the molecule is CN(C)C(CS(=O)(=O)O)C(S(=O)(=O)[O-])S(=O)(=O)O.[Na+]. The van der Waals surface area contributed by atoms with Crippen LogP contribution >= 0.6 is 0 Å². The van der Waals surface area contributed by atoms with Gasteiger partial charge in [0.2, 0.25) is 0 Å². The van der Waals surface area contributed by atoms with Crippen LogP contribution in [-0.2, 0) is 30.4 Å². The molecule has 0 radical (unpaired) electrons. The number of hydrogen-bond donors (Lipinski definition) is 2. The second-order valence-electron chi connectivity index (χ2n) is 3.66. The summed E-state index contributed by atoms with van der Waals surface area (Å²) < 4.78 is 89.9. The Labute approximate surface area is 133 Å². The van der Waals surface area contributed by atoms with E-state index in [1.54, 1.807) is 0 Å². The average molecular weight is 349 g/mol. The summed E-state index contributed by atoms with van der Waals surface area (Å²) in [5.41, 5.74) is 0. The van der Waals surface area contributed by atoms with Gasteiger partial charge in [-0.05, 0) is 14.1 Å². The predicted molar refractivity (Wildman–Crippen MR) is 58.9 cm³/mol. The van der Waals surface area contributed by atoms with Crippen molar-refractivity contribution in [2.45, 2.75) is 10.6 Å². The van der Waals surface area contributed by atoms with Crippen molar-refractivity contribution in [3.05, 3.63) is 0 Å². The summed E-state index contributed by atoms with van der Waals surface area (Å²) in [5.74, 6) is -1.34. The fourth-order valence-corrected chi connectivity index (χ4v) is 5.05. The smallest absolute Gasteiger partial charge is 0.747 e. The van der Waals surface area contributed by atoms with Crippen molar-refractivity contribution in [1.82, 2.24) is 4.90 Å². The molecule has 0 fully saturated rings. The first-order valence-corrected chi connectivity index (χ1v) is 8.77. The van der Waals surface area contributed by atoms with Gasteiger partial charge in [-0.2, -0.15) is 16.8 Å². The molecule has 2 atom stereocenters. The van der Waals surface area contributed by atoms with E-state index in [0.717, 1.165) is 19.0 Å². The summed E-state index contributed by atoms with van der Waals surface area (Å²) in [5, 5.41) is 0. The molecule has 110 valence electrons. The molecule has 0 heterocycles. The van der Waals surface area contributed by atoms with E-state index in [4.69, 9.17) is 9.11 Å². The van der Waals surface area contributed by atoms with Crippen LogP contribution in [0.3, 0.4) is 0 Å². The molecular formula is C5H12NNaO9S3. The van der Waals surface area contributed by atoms with Gasteiger partial charge < -0.3 is 9.45 Å². The van der Waals surface area contributed by atoms with E-state index >= 15 is 0 Å². The third kappa shape index (κ3) is 7.89. The molecule has 10 nitrogen and oxygen atoms in total. The van der Waals surface area contributed by atoms with E-state index in [2.05, 4.69) is 0 Å². The molecule has 0 bridgehead atoms. The first-order valence-electron chi connectivity index (χ1n) is 4.19. The fourth-order valence-electron chi connectivity index (χ4n) is 1.23. The molecule has 0 aliphatic heterocycles. The van der Waals surface area contributed by atoms with Crippen molar-refractivity contribution in [2.75, 3.05) is 19.8 Å². The molecule has 0 rings (SSSR count). The number of nitrogens with zero attached hydrogens (tertiary/aromatic N) is 1. The largest absolute Gasteiger partial charge is 1.00 e. The first-order chi connectivity index (χ1) is 7.66. The Balaban J connectivity index is 0. The van der Waals surface area contributed by atoms with E-state index in [0.29, 0.717) is 0 Å². The standard InChI is InChI=1S/C5H13NO9S3.Na/c1-6(2)4(3-16(7,8)9)5(17(10,11)12)18(13,14)15;/h4-5H,3H2,1-2H3,(H,7,8,9)(H,10,11,12)(H,13,14,15);/q;+1/p-1. The molecule has 0 aliphatic carbocycles. The fraction of sp³-hybridized carbons (Fsp3) is 1.00. The van der Waals surface area contributed by atoms with Gasteiger partial charge in [0.1, 0.15) is 10.1 Å². The summed E-state index contributed by atoms with van der Waals surface area (Å²) in [6.45, 7) is 0. The Morgan fingerprint density at radius 1 is 1.05 bits per heavy atom. The van der Waals surface area contributed by atoms with Crippen LogP contribution in [0.4, 0.5) is 0 Å². The predicted octanol–water partition coefficient (Wildman–Crippen LogP) is -5.43. The molecule has 0 aromatic rings. The summed E-state index contributed by atoms with van der Waals surface area (Å²) in [6.07, 6.45) is 0. The average Bonchev–Trinajstić information content (AvgIpc) is 1.93. The van der Waals surface area contributed by atoms with Gasteiger partial charge in [-0.1, -0.05) is 0 Å². The van der Waals surface area contributed by atoms with Crippen molar-refractivity contribution in [1.29, 1.82) is 0 Å². The second kappa shape index (κ2) is 7.11. The minimum Gasteiger partial charge on any atom is -0.747 e. The maximum atomic E-state index is 10.9. The van der Waals surface area contributed by atoms with Crippen LogP contribution in [0.2, 0.25) is 0 Å². The van der Waals surface area contributed by atoms with E-state index < -0.39 is 46.7 Å². The molecule has 0 aromatic carbocycles. The Morgan fingerprint density at radius 2 is 1.42 bits per heavy atom. The van der Waals surface area contributed by atoms with Gasteiger partial charge in [0.05, 0.1) is 11.8 Å². The van der Waals surface area contributed by atoms with Gasteiger partial charge in [0.25, 0.3) is 20.2 Å². The minimum absolute atomic E-state index is 0. The van der Waals surface area contributed by atoms with Crippen molar-refractivity contribution in [3.8, 4) is 0 Å². The molecule has 0 saturated carbocycles. The van der Waals surface area contributed by atoms with E-state index in [1.165, 1.54) is 0 Å². The number of hydrogen-bond acceptors (Lipinski definition) is 8.